The Bertz CT molecular complexity index is 400. The van der Waals surface area contributed by atoms with Crippen LogP contribution in [0.5, 0.6) is 0 Å². The van der Waals surface area contributed by atoms with Gasteiger partial charge in [0.05, 0.1) is 5.75 Å². The molecule has 2 atom stereocenters. The van der Waals surface area contributed by atoms with Crippen LogP contribution in [0.25, 0.3) is 0 Å². The van der Waals surface area contributed by atoms with Crippen molar-refractivity contribution in [2.75, 3.05) is 12.0 Å². The molecule has 1 amide bonds. The van der Waals surface area contributed by atoms with E-state index in [1.165, 1.54) is 0 Å². The number of hydrogen-bond donors (Lipinski definition) is 1. The zero-order valence-electron chi connectivity index (χ0n) is 11.8. The topological polar surface area (TPSA) is 63.2 Å². The van der Waals surface area contributed by atoms with Crippen LogP contribution in [0.15, 0.2) is 0 Å². The van der Waals surface area contributed by atoms with E-state index in [2.05, 4.69) is 26.1 Å². The van der Waals surface area contributed by atoms with E-state index in [0.717, 1.165) is 25.5 Å². The number of carbonyl (C=O) groups excluding carboxylic acids is 1. The fraction of sp³-hybridized carbons (Fsp3) is 0.923. The van der Waals surface area contributed by atoms with Crippen molar-refractivity contribution in [3.8, 4) is 0 Å². The normalized spacial score (nSPS) is 27.8. The first-order chi connectivity index (χ1) is 8.09. The van der Waals surface area contributed by atoms with Crippen molar-refractivity contribution in [3.63, 3.8) is 0 Å². The van der Waals surface area contributed by atoms with Crippen LogP contribution in [-0.4, -0.2) is 32.4 Å². The van der Waals surface area contributed by atoms with Gasteiger partial charge in [-0.25, -0.2) is 8.42 Å². The fourth-order valence-corrected chi connectivity index (χ4v) is 3.27. The van der Waals surface area contributed by atoms with Gasteiger partial charge in [-0.3, -0.25) is 4.79 Å². The Morgan fingerprint density at radius 2 is 2.00 bits per heavy atom. The van der Waals surface area contributed by atoms with Gasteiger partial charge >= 0.3 is 0 Å². The maximum Gasteiger partial charge on any atom is 0.221 e. The van der Waals surface area contributed by atoms with Crippen LogP contribution >= 0.6 is 0 Å². The van der Waals surface area contributed by atoms with Crippen molar-refractivity contribution in [2.24, 2.45) is 11.3 Å². The van der Waals surface area contributed by atoms with E-state index in [1.807, 2.05) is 0 Å². The average molecular weight is 275 g/mol. The molecular weight excluding hydrogens is 250 g/mol. The number of rotatable bonds is 4. The molecule has 106 valence electrons. The number of carbonyl (C=O) groups is 1. The highest BCUT2D eigenvalue weighted by molar-refractivity contribution is 7.90. The molecular formula is C13H25NO3S. The molecule has 0 aromatic rings. The number of amides is 1. The Kier molecular flexibility index (Phi) is 4.81. The SMILES string of the molecule is C[C@@H]1CC(C)(C)CC[C@H]1NC(=O)CCS(C)(=O)=O. The molecule has 4 nitrogen and oxygen atoms in total. The largest absolute Gasteiger partial charge is 0.353 e. The van der Waals surface area contributed by atoms with Gasteiger partial charge in [0.25, 0.3) is 0 Å². The van der Waals surface area contributed by atoms with Gasteiger partial charge in [-0.15, -0.1) is 0 Å². The fourth-order valence-electron chi connectivity index (χ4n) is 2.72. The molecule has 5 heteroatoms. The van der Waals surface area contributed by atoms with E-state index < -0.39 is 9.84 Å². The molecule has 1 saturated carbocycles. The van der Waals surface area contributed by atoms with Crippen LogP contribution in [0, 0.1) is 11.3 Å². The molecule has 0 aromatic heterocycles. The summed E-state index contributed by atoms with van der Waals surface area (Å²) in [5.74, 6) is 0.249. The second kappa shape index (κ2) is 5.59. The Labute approximate surface area is 110 Å². The highest BCUT2D eigenvalue weighted by Gasteiger charge is 2.32. The molecule has 0 heterocycles. The third-order valence-electron chi connectivity index (χ3n) is 3.74. The second-order valence-corrected chi connectivity index (χ2v) is 8.70. The predicted octanol–water partition coefficient (Wildman–Crippen LogP) is 1.75. The van der Waals surface area contributed by atoms with Crippen LogP contribution < -0.4 is 5.32 Å². The molecule has 0 radical (unpaired) electrons. The molecule has 0 spiro atoms. The zero-order valence-corrected chi connectivity index (χ0v) is 12.6. The maximum absolute atomic E-state index is 11.7. The van der Waals surface area contributed by atoms with Crippen molar-refractivity contribution in [1.29, 1.82) is 0 Å². The van der Waals surface area contributed by atoms with Gasteiger partial charge in [0.1, 0.15) is 9.84 Å². The van der Waals surface area contributed by atoms with Crippen LogP contribution in [0.2, 0.25) is 0 Å². The Morgan fingerprint density at radius 1 is 1.39 bits per heavy atom. The standard InChI is InChI=1S/C13H25NO3S/c1-10-9-13(2,3)7-5-11(10)14-12(15)6-8-18(4,16)17/h10-11H,5-9H2,1-4H3,(H,14,15)/t10-,11-/m1/s1. The van der Waals surface area contributed by atoms with Gasteiger partial charge in [-0.1, -0.05) is 20.8 Å². The molecule has 0 aromatic carbocycles. The van der Waals surface area contributed by atoms with Gasteiger partial charge in [0, 0.05) is 18.7 Å². The van der Waals surface area contributed by atoms with E-state index in [4.69, 9.17) is 0 Å². The summed E-state index contributed by atoms with van der Waals surface area (Å²) in [7, 11) is -3.05. The first-order valence-electron chi connectivity index (χ1n) is 6.56. The lowest BCUT2D eigenvalue weighted by Crippen LogP contribution is -2.44. The number of sulfone groups is 1. The highest BCUT2D eigenvalue weighted by atomic mass is 32.2. The summed E-state index contributed by atoms with van der Waals surface area (Å²) >= 11 is 0. The number of hydrogen-bond acceptors (Lipinski definition) is 3. The van der Waals surface area contributed by atoms with E-state index in [9.17, 15) is 13.2 Å². The van der Waals surface area contributed by atoms with Gasteiger partial charge < -0.3 is 5.32 Å². The van der Waals surface area contributed by atoms with Crippen LogP contribution in [0.3, 0.4) is 0 Å². The predicted molar refractivity (Wildman–Crippen MR) is 73.1 cm³/mol. The summed E-state index contributed by atoms with van der Waals surface area (Å²) in [5, 5.41) is 2.98. The van der Waals surface area contributed by atoms with Crippen molar-refractivity contribution < 1.29 is 13.2 Å². The summed E-state index contributed by atoms with van der Waals surface area (Å²) in [6, 6.07) is 0.199. The van der Waals surface area contributed by atoms with Crippen molar-refractivity contribution in [1.82, 2.24) is 5.32 Å². The molecule has 1 aliphatic carbocycles. The van der Waals surface area contributed by atoms with E-state index in [0.29, 0.717) is 11.3 Å². The molecule has 18 heavy (non-hydrogen) atoms. The first kappa shape index (κ1) is 15.5. The van der Waals surface area contributed by atoms with E-state index in [-0.39, 0.29) is 24.1 Å². The zero-order chi connectivity index (χ0) is 14.0. The minimum Gasteiger partial charge on any atom is -0.353 e. The first-order valence-corrected chi connectivity index (χ1v) is 8.62. The summed E-state index contributed by atoms with van der Waals surface area (Å²) in [6.07, 6.45) is 4.43. The molecule has 0 bridgehead atoms. The summed E-state index contributed by atoms with van der Waals surface area (Å²) in [4.78, 5) is 11.7. The lowest BCUT2D eigenvalue weighted by molar-refractivity contribution is -0.122. The van der Waals surface area contributed by atoms with E-state index >= 15 is 0 Å². The van der Waals surface area contributed by atoms with Crippen LogP contribution in [-0.2, 0) is 14.6 Å². The summed E-state index contributed by atoms with van der Waals surface area (Å²) < 4.78 is 22.0. The molecule has 0 unspecified atom stereocenters. The Balaban J connectivity index is 2.41. The molecule has 0 aliphatic heterocycles. The highest BCUT2D eigenvalue weighted by Crippen LogP contribution is 2.38. The summed E-state index contributed by atoms with van der Waals surface area (Å²) in [5.41, 5.74) is 0.355. The molecule has 1 aliphatic rings. The van der Waals surface area contributed by atoms with Gasteiger partial charge in [-0.2, -0.15) is 0 Å². The van der Waals surface area contributed by atoms with E-state index in [1.54, 1.807) is 0 Å². The van der Waals surface area contributed by atoms with Gasteiger partial charge in [0.2, 0.25) is 5.91 Å². The van der Waals surface area contributed by atoms with Crippen LogP contribution in [0.1, 0.15) is 46.5 Å². The Hall–Kier alpha value is -0.580. The smallest absolute Gasteiger partial charge is 0.221 e. The quantitative estimate of drug-likeness (QED) is 0.850. The second-order valence-electron chi connectivity index (χ2n) is 6.44. The Morgan fingerprint density at radius 3 is 2.50 bits per heavy atom. The van der Waals surface area contributed by atoms with Crippen molar-refractivity contribution >= 4 is 15.7 Å². The van der Waals surface area contributed by atoms with Crippen LogP contribution in [0.4, 0.5) is 0 Å². The molecule has 0 saturated heterocycles. The average Bonchev–Trinajstić information content (AvgIpc) is 2.18. The molecule has 1 N–H and O–H groups in total. The minimum absolute atomic E-state index is 0.0641. The maximum atomic E-state index is 11.7. The summed E-state index contributed by atoms with van der Waals surface area (Å²) in [6.45, 7) is 6.67. The monoisotopic (exact) mass is 275 g/mol. The van der Waals surface area contributed by atoms with Crippen molar-refractivity contribution in [3.05, 3.63) is 0 Å². The van der Waals surface area contributed by atoms with Gasteiger partial charge in [0.15, 0.2) is 0 Å². The van der Waals surface area contributed by atoms with Gasteiger partial charge in [-0.05, 0) is 30.6 Å². The lowest BCUT2D eigenvalue weighted by atomic mass is 9.70. The third kappa shape index (κ3) is 5.38. The molecule has 1 rings (SSSR count). The lowest BCUT2D eigenvalue weighted by Gasteiger charge is -2.39. The molecule has 1 fully saturated rings. The number of nitrogens with one attached hydrogen (secondary N) is 1. The van der Waals surface area contributed by atoms with Crippen molar-refractivity contribution in [2.45, 2.75) is 52.5 Å². The minimum atomic E-state index is -3.05. The third-order valence-corrected chi connectivity index (χ3v) is 4.69.